The second-order valence-corrected chi connectivity index (χ2v) is 6.51. The molecule has 1 aromatic carbocycles. The number of benzene rings is 1. The molecule has 1 amide bonds. The standard InChI is InChI=1S/C15H15N3OS/c1-10-17-12-5-4-11(8-13(12)20-10)18-14(19)15(9-16)6-2-3-7-15/h4-5,8H,2-3,6-7H2,1H3,(H,18,19). The first-order valence-corrected chi connectivity index (χ1v) is 7.54. The van der Waals surface area contributed by atoms with Gasteiger partial charge in [0.2, 0.25) is 5.91 Å². The Hall–Kier alpha value is -1.93. The van der Waals surface area contributed by atoms with Crippen molar-refractivity contribution in [2.45, 2.75) is 32.6 Å². The number of nitriles is 1. The molecule has 0 aliphatic heterocycles. The highest BCUT2D eigenvalue weighted by Crippen LogP contribution is 2.38. The van der Waals surface area contributed by atoms with Gasteiger partial charge in [0.25, 0.3) is 0 Å². The number of hydrogen-bond donors (Lipinski definition) is 1. The highest BCUT2D eigenvalue weighted by molar-refractivity contribution is 7.18. The van der Waals surface area contributed by atoms with Crippen molar-refractivity contribution < 1.29 is 4.79 Å². The number of aromatic nitrogens is 1. The number of thiazole rings is 1. The zero-order chi connectivity index (χ0) is 14.2. The van der Waals surface area contributed by atoms with E-state index in [9.17, 15) is 10.1 Å². The first kappa shape index (κ1) is 13.1. The number of amides is 1. The van der Waals surface area contributed by atoms with E-state index >= 15 is 0 Å². The molecule has 1 saturated carbocycles. The summed E-state index contributed by atoms with van der Waals surface area (Å²) in [5, 5.41) is 13.2. The van der Waals surface area contributed by atoms with Gasteiger partial charge in [-0.05, 0) is 38.0 Å². The van der Waals surface area contributed by atoms with E-state index in [-0.39, 0.29) is 5.91 Å². The maximum Gasteiger partial charge on any atom is 0.244 e. The van der Waals surface area contributed by atoms with E-state index in [0.717, 1.165) is 33.8 Å². The predicted octanol–water partition coefficient (Wildman–Crippen LogP) is 3.63. The molecule has 1 aromatic heterocycles. The smallest absolute Gasteiger partial charge is 0.244 e. The molecule has 102 valence electrons. The third kappa shape index (κ3) is 2.16. The summed E-state index contributed by atoms with van der Waals surface area (Å²) in [6.07, 6.45) is 3.23. The Morgan fingerprint density at radius 3 is 2.90 bits per heavy atom. The normalized spacial score (nSPS) is 17.0. The molecule has 0 saturated heterocycles. The van der Waals surface area contributed by atoms with Crippen molar-refractivity contribution in [2.24, 2.45) is 5.41 Å². The Morgan fingerprint density at radius 2 is 2.20 bits per heavy atom. The Morgan fingerprint density at radius 1 is 1.45 bits per heavy atom. The Balaban J connectivity index is 1.85. The van der Waals surface area contributed by atoms with Crippen LogP contribution in [-0.4, -0.2) is 10.9 Å². The fourth-order valence-electron chi connectivity index (χ4n) is 2.74. The van der Waals surface area contributed by atoms with Gasteiger partial charge >= 0.3 is 0 Å². The lowest BCUT2D eigenvalue weighted by molar-refractivity contribution is -0.122. The molecule has 1 N–H and O–H groups in total. The predicted molar refractivity (Wildman–Crippen MR) is 79.5 cm³/mol. The van der Waals surface area contributed by atoms with E-state index in [1.807, 2.05) is 25.1 Å². The van der Waals surface area contributed by atoms with Crippen LogP contribution in [0.4, 0.5) is 5.69 Å². The number of carbonyl (C=O) groups excluding carboxylic acids is 1. The van der Waals surface area contributed by atoms with Gasteiger partial charge in [0.1, 0.15) is 5.41 Å². The number of hydrogen-bond acceptors (Lipinski definition) is 4. The van der Waals surface area contributed by atoms with Crippen molar-refractivity contribution >= 4 is 33.1 Å². The number of carbonyl (C=O) groups is 1. The van der Waals surface area contributed by atoms with Crippen LogP contribution in [0.3, 0.4) is 0 Å². The lowest BCUT2D eigenvalue weighted by atomic mass is 9.87. The van der Waals surface area contributed by atoms with Crippen molar-refractivity contribution in [3.8, 4) is 6.07 Å². The summed E-state index contributed by atoms with van der Waals surface area (Å²) >= 11 is 1.60. The van der Waals surface area contributed by atoms with Gasteiger partial charge in [0.05, 0.1) is 21.3 Å². The Kier molecular flexibility index (Phi) is 3.19. The van der Waals surface area contributed by atoms with Crippen LogP contribution >= 0.6 is 11.3 Å². The third-order valence-corrected chi connectivity index (χ3v) is 4.79. The minimum atomic E-state index is -0.835. The van der Waals surface area contributed by atoms with Crippen LogP contribution in [0.15, 0.2) is 18.2 Å². The minimum Gasteiger partial charge on any atom is -0.325 e. The minimum absolute atomic E-state index is 0.168. The lowest BCUT2D eigenvalue weighted by Gasteiger charge is -2.19. The van der Waals surface area contributed by atoms with Crippen LogP contribution in [0.5, 0.6) is 0 Å². The van der Waals surface area contributed by atoms with Gasteiger partial charge < -0.3 is 5.32 Å². The summed E-state index contributed by atoms with van der Waals surface area (Å²) in [5.41, 5.74) is 0.854. The summed E-state index contributed by atoms with van der Waals surface area (Å²) in [6, 6.07) is 7.90. The molecule has 1 fully saturated rings. The van der Waals surface area contributed by atoms with Gasteiger partial charge in [-0.15, -0.1) is 11.3 Å². The van der Waals surface area contributed by atoms with E-state index in [0.29, 0.717) is 12.8 Å². The molecule has 1 aliphatic rings. The van der Waals surface area contributed by atoms with Crippen LogP contribution in [0.2, 0.25) is 0 Å². The first-order valence-electron chi connectivity index (χ1n) is 6.73. The quantitative estimate of drug-likeness (QED) is 0.916. The molecule has 0 radical (unpaired) electrons. The van der Waals surface area contributed by atoms with E-state index in [2.05, 4.69) is 16.4 Å². The Bertz CT molecular complexity index is 707. The average Bonchev–Trinajstić information content (AvgIpc) is 3.04. The summed E-state index contributed by atoms with van der Waals surface area (Å²) in [7, 11) is 0. The van der Waals surface area contributed by atoms with Crippen LogP contribution in [0.25, 0.3) is 10.2 Å². The number of anilines is 1. The maximum absolute atomic E-state index is 12.4. The van der Waals surface area contributed by atoms with Crippen molar-refractivity contribution in [1.29, 1.82) is 5.26 Å². The van der Waals surface area contributed by atoms with Crippen molar-refractivity contribution in [2.75, 3.05) is 5.32 Å². The molecular formula is C15H15N3OS. The van der Waals surface area contributed by atoms with Crippen LogP contribution < -0.4 is 5.32 Å². The average molecular weight is 285 g/mol. The zero-order valence-electron chi connectivity index (χ0n) is 11.3. The van der Waals surface area contributed by atoms with Gasteiger partial charge in [0.15, 0.2) is 0 Å². The van der Waals surface area contributed by atoms with Gasteiger partial charge in [-0.1, -0.05) is 12.8 Å². The molecule has 1 heterocycles. The molecule has 4 nitrogen and oxygen atoms in total. The van der Waals surface area contributed by atoms with Gasteiger partial charge in [-0.3, -0.25) is 4.79 Å². The molecule has 0 atom stereocenters. The second kappa shape index (κ2) is 4.88. The molecule has 0 unspecified atom stereocenters. The molecule has 20 heavy (non-hydrogen) atoms. The molecule has 1 aliphatic carbocycles. The monoisotopic (exact) mass is 285 g/mol. The van der Waals surface area contributed by atoms with Crippen molar-refractivity contribution in [1.82, 2.24) is 4.98 Å². The molecule has 2 aromatic rings. The van der Waals surface area contributed by atoms with Gasteiger partial charge in [-0.2, -0.15) is 5.26 Å². The van der Waals surface area contributed by atoms with Crippen LogP contribution in [-0.2, 0) is 4.79 Å². The highest BCUT2D eigenvalue weighted by atomic mass is 32.1. The fraction of sp³-hybridized carbons (Fsp3) is 0.400. The second-order valence-electron chi connectivity index (χ2n) is 5.27. The van der Waals surface area contributed by atoms with Crippen LogP contribution in [0.1, 0.15) is 30.7 Å². The summed E-state index contributed by atoms with van der Waals surface area (Å²) in [5.74, 6) is -0.168. The zero-order valence-corrected chi connectivity index (χ0v) is 12.1. The largest absolute Gasteiger partial charge is 0.325 e. The topological polar surface area (TPSA) is 65.8 Å². The molecule has 5 heteroatoms. The molecular weight excluding hydrogens is 270 g/mol. The number of aryl methyl sites for hydroxylation is 1. The third-order valence-electron chi connectivity index (χ3n) is 3.86. The first-order chi connectivity index (χ1) is 9.63. The van der Waals surface area contributed by atoms with Crippen molar-refractivity contribution in [3.05, 3.63) is 23.2 Å². The van der Waals surface area contributed by atoms with E-state index in [1.54, 1.807) is 11.3 Å². The summed E-state index contributed by atoms with van der Waals surface area (Å²) in [6.45, 7) is 1.96. The molecule has 0 bridgehead atoms. The van der Waals surface area contributed by atoms with E-state index < -0.39 is 5.41 Å². The molecule has 3 rings (SSSR count). The highest BCUT2D eigenvalue weighted by Gasteiger charge is 2.41. The fourth-order valence-corrected chi connectivity index (χ4v) is 3.60. The number of rotatable bonds is 2. The lowest BCUT2D eigenvalue weighted by Crippen LogP contribution is -2.32. The number of nitrogens with zero attached hydrogens (tertiary/aromatic N) is 2. The SMILES string of the molecule is Cc1nc2ccc(NC(=O)C3(C#N)CCCC3)cc2s1. The van der Waals surface area contributed by atoms with E-state index in [4.69, 9.17) is 0 Å². The molecule has 0 spiro atoms. The van der Waals surface area contributed by atoms with Crippen LogP contribution in [0, 0.1) is 23.7 Å². The van der Waals surface area contributed by atoms with Gasteiger partial charge in [0, 0.05) is 5.69 Å². The maximum atomic E-state index is 12.4. The number of nitrogens with one attached hydrogen (secondary N) is 1. The van der Waals surface area contributed by atoms with E-state index in [1.165, 1.54) is 0 Å². The summed E-state index contributed by atoms with van der Waals surface area (Å²) < 4.78 is 1.05. The Labute approximate surface area is 121 Å². The summed E-state index contributed by atoms with van der Waals surface area (Å²) in [4.78, 5) is 16.8. The van der Waals surface area contributed by atoms with Crippen molar-refractivity contribution in [3.63, 3.8) is 0 Å². The number of fused-ring (bicyclic) bond motifs is 1. The van der Waals surface area contributed by atoms with Gasteiger partial charge in [-0.25, -0.2) is 4.98 Å².